The van der Waals surface area contributed by atoms with Gasteiger partial charge in [0, 0.05) is 7.11 Å². The van der Waals surface area contributed by atoms with E-state index in [9.17, 15) is 5.11 Å². The zero-order valence-corrected chi connectivity index (χ0v) is 8.17. The van der Waals surface area contributed by atoms with Crippen LogP contribution in [0.15, 0.2) is 0 Å². The lowest BCUT2D eigenvalue weighted by molar-refractivity contribution is -0.220. The highest BCUT2D eigenvalue weighted by molar-refractivity contribution is 4.70. The molecule has 0 saturated carbocycles. The molecule has 0 aliphatic carbocycles. The van der Waals surface area contributed by atoms with Crippen molar-refractivity contribution in [3.8, 4) is 0 Å². The van der Waals surface area contributed by atoms with Gasteiger partial charge < -0.3 is 24.8 Å². The molecule has 5 nitrogen and oxygen atoms in total. The van der Waals surface area contributed by atoms with Crippen LogP contribution >= 0.6 is 0 Å². The zero-order chi connectivity index (χ0) is 10.4. The van der Waals surface area contributed by atoms with Crippen molar-refractivity contribution in [2.75, 3.05) is 13.7 Å². The van der Waals surface area contributed by atoms with Crippen LogP contribution in [0, 0.1) is 0 Å². The number of hydrogen-bond acceptors (Lipinski definition) is 5. The molecule has 3 atom stereocenters. The molecule has 0 aliphatic heterocycles. The molecule has 0 aromatic rings. The van der Waals surface area contributed by atoms with E-state index in [2.05, 4.69) is 0 Å². The summed E-state index contributed by atoms with van der Waals surface area (Å²) < 4.78 is 9.94. The highest BCUT2D eigenvalue weighted by Crippen LogP contribution is 2.07. The van der Waals surface area contributed by atoms with E-state index in [0.717, 1.165) is 0 Å². The Kier molecular flexibility index (Phi) is 6.19. The number of aliphatic hydroxyl groups excluding tert-OH is 3. The van der Waals surface area contributed by atoms with Gasteiger partial charge in [-0.3, -0.25) is 0 Å². The minimum atomic E-state index is -1.25. The molecule has 0 fully saturated rings. The van der Waals surface area contributed by atoms with E-state index in [0.29, 0.717) is 0 Å². The van der Waals surface area contributed by atoms with Gasteiger partial charge in [0.15, 0.2) is 6.29 Å². The van der Waals surface area contributed by atoms with Crippen molar-refractivity contribution in [2.24, 2.45) is 0 Å². The fourth-order valence-corrected chi connectivity index (χ4v) is 0.833. The Morgan fingerprint density at radius 1 is 1.23 bits per heavy atom. The van der Waals surface area contributed by atoms with Crippen LogP contribution in [0.3, 0.4) is 0 Å². The normalized spacial score (nSPS) is 18.7. The van der Waals surface area contributed by atoms with Crippen molar-refractivity contribution in [1.29, 1.82) is 0 Å². The summed E-state index contributed by atoms with van der Waals surface area (Å²) in [5.74, 6) is 0. The van der Waals surface area contributed by atoms with E-state index in [1.807, 2.05) is 0 Å². The molecule has 0 radical (unpaired) electrons. The van der Waals surface area contributed by atoms with E-state index >= 15 is 0 Å². The monoisotopic (exact) mass is 194 g/mol. The Morgan fingerprint density at radius 2 is 1.77 bits per heavy atom. The summed E-state index contributed by atoms with van der Waals surface area (Å²) in [5, 5.41) is 27.0. The van der Waals surface area contributed by atoms with Crippen LogP contribution in [0.25, 0.3) is 0 Å². The molecule has 5 heteroatoms. The van der Waals surface area contributed by atoms with Crippen molar-refractivity contribution in [3.05, 3.63) is 0 Å². The molecular formula is C8H18O5. The van der Waals surface area contributed by atoms with Crippen molar-refractivity contribution in [3.63, 3.8) is 0 Å². The zero-order valence-electron chi connectivity index (χ0n) is 8.17. The first-order valence-corrected chi connectivity index (χ1v) is 4.18. The van der Waals surface area contributed by atoms with Gasteiger partial charge in [-0.25, -0.2) is 0 Å². The molecule has 0 amide bonds. The summed E-state index contributed by atoms with van der Waals surface area (Å²) in [4.78, 5) is 0. The second-order valence-corrected chi connectivity index (χ2v) is 3.03. The van der Waals surface area contributed by atoms with Crippen LogP contribution in [-0.4, -0.2) is 53.6 Å². The van der Waals surface area contributed by atoms with E-state index in [1.165, 1.54) is 7.11 Å². The van der Waals surface area contributed by atoms with Gasteiger partial charge in [-0.2, -0.15) is 0 Å². The minimum Gasteiger partial charge on any atom is -0.394 e. The fourth-order valence-electron chi connectivity index (χ4n) is 0.833. The SMILES string of the molecule is COC(OC(C)C)C(O)C(O)CO. The van der Waals surface area contributed by atoms with Gasteiger partial charge in [-0.1, -0.05) is 0 Å². The highest BCUT2D eigenvalue weighted by atomic mass is 16.7. The summed E-state index contributed by atoms with van der Waals surface area (Å²) in [6, 6.07) is 0. The summed E-state index contributed by atoms with van der Waals surface area (Å²) in [7, 11) is 1.36. The predicted molar refractivity (Wildman–Crippen MR) is 46.1 cm³/mol. The van der Waals surface area contributed by atoms with Gasteiger partial charge in [0.05, 0.1) is 12.7 Å². The number of hydrogen-bond donors (Lipinski definition) is 3. The molecule has 0 aromatic heterocycles. The third-order valence-corrected chi connectivity index (χ3v) is 1.50. The second kappa shape index (κ2) is 6.28. The Labute approximate surface area is 77.9 Å². The van der Waals surface area contributed by atoms with Crippen molar-refractivity contribution < 1.29 is 24.8 Å². The second-order valence-electron chi connectivity index (χ2n) is 3.03. The molecule has 3 unspecified atom stereocenters. The molecule has 0 heterocycles. The molecule has 0 bridgehead atoms. The number of ether oxygens (including phenoxy) is 2. The smallest absolute Gasteiger partial charge is 0.186 e. The van der Waals surface area contributed by atoms with Crippen LogP contribution in [0.5, 0.6) is 0 Å². The first-order valence-electron chi connectivity index (χ1n) is 4.18. The maximum absolute atomic E-state index is 9.37. The number of aliphatic hydroxyl groups is 3. The van der Waals surface area contributed by atoms with Gasteiger partial charge in [0.2, 0.25) is 0 Å². The van der Waals surface area contributed by atoms with Crippen molar-refractivity contribution in [2.45, 2.75) is 38.4 Å². The Morgan fingerprint density at radius 3 is 2.08 bits per heavy atom. The van der Waals surface area contributed by atoms with Crippen LogP contribution in [-0.2, 0) is 9.47 Å². The Bertz CT molecular complexity index is 128. The molecule has 3 N–H and O–H groups in total. The summed E-state index contributed by atoms with van der Waals surface area (Å²) in [6.45, 7) is 3.04. The largest absolute Gasteiger partial charge is 0.394 e. The first-order chi connectivity index (χ1) is 6.02. The van der Waals surface area contributed by atoms with Crippen LogP contribution < -0.4 is 0 Å². The quantitative estimate of drug-likeness (QED) is 0.477. The lowest BCUT2D eigenvalue weighted by Crippen LogP contribution is -2.43. The fraction of sp³-hybridized carbons (Fsp3) is 1.00. The third-order valence-electron chi connectivity index (χ3n) is 1.50. The lowest BCUT2D eigenvalue weighted by Gasteiger charge is -2.26. The number of methoxy groups -OCH3 is 1. The Balaban J connectivity index is 4.05. The van der Waals surface area contributed by atoms with Gasteiger partial charge >= 0.3 is 0 Å². The average molecular weight is 194 g/mol. The molecule has 0 spiro atoms. The summed E-state index contributed by atoms with van der Waals surface area (Å²) >= 11 is 0. The van der Waals surface area contributed by atoms with E-state index in [1.54, 1.807) is 13.8 Å². The highest BCUT2D eigenvalue weighted by Gasteiger charge is 2.27. The van der Waals surface area contributed by atoms with Gasteiger partial charge in [0.25, 0.3) is 0 Å². The third kappa shape index (κ3) is 4.54. The topological polar surface area (TPSA) is 79.2 Å². The van der Waals surface area contributed by atoms with Gasteiger partial charge in [-0.15, -0.1) is 0 Å². The molecule has 0 aromatic carbocycles. The first kappa shape index (κ1) is 12.8. The molecule has 0 rings (SSSR count). The van der Waals surface area contributed by atoms with Crippen LogP contribution in [0.4, 0.5) is 0 Å². The van der Waals surface area contributed by atoms with Crippen LogP contribution in [0.1, 0.15) is 13.8 Å². The predicted octanol–water partition coefficient (Wildman–Crippen LogP) is -0.902. The molecular weight excluding hydrogens is 176 g/mol. The van der Waals surface area contributed by atoms with Crippen molar-refractivity contribution >= 4 is 0 Å². The minimum absolute atomic E-state index is 0.120. The maximum Gasteiger partial charge on any atom is 0.186 e. The van der Waals surface area contributed by atoms with E-state index in [4.69, 9.17) is 19.7 Å². The molecule has 0 aliphatic rings. The maximum atomic E-state index is 9.37. The summed E-state index contributed by atoms with van der Waals surface area (Å²) in [5.41, 5.74) is 0. The van der Waals surface area contributed by atoms with Gasteiger partial charge in [-0.05, 0) is 13.8 Å². The lowest BCUT2D eigenvalue weighted by atomic mass is 10.2. The Hall–Kier alpha value is -0.200. The van der Waals surface area contributed by atoms with E-state index < -0.39 is 25.1 Å². The standard InChI is InChI=1S/C8H18O5/c1-5(2)13-8(12-3)7(11)6(10)4-9/h5-11H,4H2,1-3H3. The van der Waals surface area contributed by atoms with E-state index in [-0.39, 0.29) is 6.10 Å². The van der Waals surface area contributed by atoms with Gasteiger partial charge in [0.1, 0.15) is 12.2 Å². The summed E-state index contributed by atoms with van der Waals surface area (Å²) in [6.07, 6.45) is -3.52. The molecule has 0 saturated heterocycles. The molecule has 13 heavy (non-hydrogen) atoms. The van der Waals surface area contributed by atoms with Crippen molar-refractivity contribution in [1.82, 2.24) is 0 Å². The number of rotatable bonds is 6. The average Bonchev–Trinajstić information content (AvgIpc) is 2.11. The molecule has 80 valence electrons. The van der Waals surface area contributed by atoms with Crippen LogP contribution in [0.2, 0.25) is 0 Å².